The third kappa shape index (κ3) is 3.65. The van der Waals surface area contributed by atoms with Crippen molar-refractivity contribution < 1.29 is 18.3 Å². The number of aromatic nitrogens is 1. The molecule has 1 aliphatic rings. The Morgan fingerprint density at radius 3 is 2.50 bits per heavy atom. The number of sulfonamides is 1. The van der Waals surface area contributed by atoms with Gasteiger partial charge >= 0.3 is 5.97 Å². The van der Waals surface area contributed by atoms with E-state index in [9.17, 15) is 18.3 Å². The maximum atomic E-state index is 12.9. The molecule has 26 heavy (non-hydrogen) atoms. The summed E-state index contributed by atoms with van der Waals surface area (Å²) in [6.07, 6.45) is 3.24. The summed E-state index contributed by atoms with van der Waals surface area (Å²) in [6, 6.07) is 6.40. The molecule has 2 heterocycles. The summed E-state index contributed by atoms with van der Waals surface area (Å²) >= 11 is 0. The third-order valence-electron chi connectivity index (χ3n) is 4.38. The van der Waals surface area contributed by atoms with Crippen LogP contribution in [0.4, 0.5) is 11.5 Å². The monoisotopic (exact) mass is 375 g/mol. The average Bonchev–Trinajstić information content (AvgIpc) is 3.08. The van der Waals surface area contributed by atoms with Crippen molar-refractivity contribution in [3.63, 3.8) is 0 Å². The zero-order valence-electron chi connectivity index (χ0n) is 14.7. The quantitative estimate of drug-likeness (QED) is 0.834. The Balaban J connectivity index is 2.03. The van der Waals surface area contributed by atoms with Gasteiger partial charge in [-0.05, 0) is 44.4 Å². The summed E-state index contributed by atoms with van der Waals surface area (Å²) in [4.78, 5) is 17.6. The molecule has 0 aliphatic carbocycles. The largest absolute Gasteiger partial charge is 0.478 e. The Hall–Kier alpha value is -2.61. The zero-order valence-corrected chi connectivity index (χ0v) is 15.5. The fourth-order valence-corrected chi connectivity index (χ4v) is 4.41. The number of carbonyl (C=O) groups is 1. The second-order valence-corrected chi connectivity index (χ2v) is 8.12. The molecule has 0 saturated carbocycles. The molecule has 1 fully saturated rings. The van der Waals surface area contributed by atoms with Crippen LogP contribution >= 0.6 is 0 Å². The summed E-state index contributed by atoms with van der Waals surface area (Å²) in [7, 11) is -3.86. The minimum Gasteiger partial charge on any atom is -0.478 e. The zero-order chi connectivity index (χ0) is 18.9. The highest BCUT2D eigenvalue weighted by molar-refractivity contribution is 7.92. The highest BCUT2D eigenvalue weighted by atomic mass is 32.2. The van der Waals surface area contributed by atoms with Gasteiger partial charge in [-0.2, -0.15) is 0 Å². The SMILES string of the molecule is Cc1ccc(S(=O)(=O)Nc2cc(C(=O)O)cnc2N2CCCC2)c(C)c1. The fourth-order valence-electron chi connectivity index (χ4n) is 3.13. The van der Waals surface area contributed by atoms with E-state index in [1.807, 2.05) is 11.8 Å². The Bertz CT molecular complexity index is 951. The molecule has 0 atom stereocenters. The van der Waals surface area contributed by atoms with Gasteiger partial charge in [0.25, 0.3) is 10.0 Å². The average molecular weight is 375 g/mol. The summed E-state index contributed by atoms with van der Waals surface area (Å²) in [5.41, 5.74) is 1.72. The Morgan fingerprint density at radius 1 is 1.19 bits per heavy atom. The van der Waals surface area contributed by atoms with Crippen molar-refractivity contribution in [3.05, 3.63) is 47.2 Å². The van der Waals surface area contributed by atoms with E-state index in [0.717, 1.165) is 31.5 Å². The Kier molecular flexibility index (Phi) is 4.86. The van der Waals surface area contributed by atoms with Crippen molar-refractivity contribution in [2.45, 2.75) is 31.6 Å². The fraction of sp³-hybridized carbons (Fsp3) is 0.333. The van der Waals surface area contributed by atoms with Crippen molar-refractivity contribution in [2.75, 3.05) is 22.7 Å². The van der Waals surface area contributed by atoms with Crippen molar-refractivity contribution in [2.24, 2.45) is 0 Å². The first-order valence-corrected chi connectivity index (χ1v) is 9.84. The van der Waals surface area contributed by atoms with E-state index in [2.05, 4.69) is 9.71 Å². The molecule has 3 rings (SSSR count). The first kappa shape index (κ1) is 18.2. The Morgan fingerprint density at radius 2 is 1.88 bits per heavy atom. The normalized spacial score (nSPS) is 14.5. The second-order valence-electron chi connectivity index (χ2n) is 6.47. The number of aryl methyl sites for hydroxylation is 2. The van der Waals surface area contributed by atoms with Crippen LogP contribution in [0, 0.1) is 13.8 Å². The van der Waals surface area contributed by atoms with E-state index in [-0.39, 0.29) is 16.1 Å². The van der Waals surface area contributed by atoms with Gasteiger partial charge in [-0.25, -0.2) is 18.2 Å². The number of rotatable bonds is 5. The van der Waals surface area contributed by atoms with E-state index in [1.54, 1.807) is 25.1 Å². The van der Waals surface area contributed by atoms with E-state index >= 15 is 0 Å². The maximum absolute atomic E-state index is 12.9. The van der Waals surface area contributed by atoms with E-state index < -0.39 is 16.0 Å². The number of anilines is 2. The molecule has 0 radical (unpaired) electrons. The lowest BCUT2D eigenvalue weighted by Crippen LogP contribution is -2.23. The van der Waals surface area contributed by atoms with Crippen LogP contribution in [-0.4, -0.2) is 37.6 Å². The number of nitrogens with zero attached hydrogens (tertiary/aromatic N) is 2. The van der Waals surface area contributed by atoms with Crippen molar-refractivity contribution in [1.29, 1.82) is 0 Å². The number of benzene rings is 1. The van der Waals surface area contributed by atoms with E-state index in [1.165, 1.54) is 12.3 Å². The van der Waals surface area contributed by atoms with Gasteiger partial charge < -0.3 is 10.0 Å². The van der Waals surface area contributed by atoms with Gasteiger partial charge in [0.2, 0.25) is 0 Å². The van der Waals surface area contributed by atoms with Gasteiger partial charge in [0.1, 0.15) is 0 Å². The standard InChI is InChI=1S/C18H21N3O4S/c1-12-5-6-16(13(2)9-12)26(24,25)20-15-10-14(18(22)23)11-19-17(15)21-7-3-4-8-21/h5-6,9-11,20H,3-4,7-8H2,1-2H3,(H,22,23). The van der Waals surface area contributed by atoms with Gasteiger partial charge in [-0.3, -0.25) is 4.72 Å². The molecule has 0 bridgehead atoms. The van der Waals surface area contributed by atoms with Crippen LogP contribution in [-0.2, 0) is 10.0 Å². The maximum Gasteiger partial charge on any atom is 0.337 e. The minimum absolute atomic E-state index is 0.0636. The van der Waals surface area contributed by atoms with Crippen LogP contribution in [0.15, 0.2) is 35.4 Å². The van der Waals surface area contributed by atoms with Gasteiger partial charge in [0.05, 0.1) is 16.1 Å². The highest BCUT2D eigenvalue weighted by Gasteiger charge is 2.24. The number of pyridine rings is 1. The van der Waals surface area contributed by atoms with Gasteiger partial charge in [0.15, 0.2) is 5.82 Å². The van der Waals surface area contributed by atoms with Gasteiger partial charge in [-0.1, -0.05) is 17.7 Å². The molecule has 2 aromatic rings. The topological polar surface area (TPSA) is 99.6 Å². The van der Waals surface area contributed by atoms with Crippen molar-refractivity contribution in [3.8, 4) is 0 Å². The lowest BCUT2D eigenvalue weighted by atomic mass is 10.2. The molecule has 1 aromatic heterocycles. The predicted molar refractivity (Wildman–Crippen MR) is 99.4 cm³/mol. The highest BCUT2D eigenvalue weighted by Crippen LogP contribution is 2.30. The first-order chi connectivity index (χ1) is 12.3. The molecule has 8 heteroatoms. The molecular formula is C18H21N3O4S. The van der Waals surface area contributed by atoms with Crippen LogP contribution in [0.25, 0.3) is 0 Å². The molecule has 1 aliphatic heterocycles. The number of carboxylic acids is 1. The molecular weight excluding hydrogens is 354 g/mol. The van der Waals surface area contributed by atoms with Crippen molar-refractivity contribution >= 4 is 27.5 Å². The van der Waals surface area contributed by atoms with E-state index in [0.29, 0.717) is 11.4 Å². The lowest BCUT2D eigenvalue weighted by molar-refractivity contribution is 0.0696. The number of carboxylic acid groups (broad SMARTS) is 1. The minimum atomic E-state index is -3.86. The molecule has 1 saturated heterocycles. The van der Waals surface area contributed by atoms with E-state index in [4.69, 9.17) is 0 Å². The van der Waals surface area contributed by atoms with Crippen LogP contribution in [0.1, 0.15) is 34.3 Å². The number of aromatic carboxylic acids is 1. The van der Waals surface area contributed by atoms with Gasteiger partial charge in [-0.15, -0.1) is 0 Å². The molecule has 0 unspecified atom stereocenters. The molecule has 1 aromatic carbocycles. The Labute approximate surface area is 152 Å². The number of hydrogen-bond acceptors (Lipinski definition) is 5. The molecule has 2 N–H and O–H groups in total. The first-order valence-electron chi connectivity index (χ1n) is 8.36. The van der Waals surface area contributed by atoms with Crippen LogP contribution in [0.3, 0.4) is 0 Å². The second kappa shape index (κ2) is 6.95. The summed E-state index contributed by atoms with van der Waals surface area (Å²) in [5.74, 6) is -0.696. The lowest BCUT2D eigenvalue weighted by Gasteiger charge is -2.21. The molecule has 7 nitrogen and oxygen atoms in total. The molecule has 0 amide bonds. The van der Waals surface area contributed by atoms with Gasteiger partial charge in [0, 0.05) is 19.3 Å². The van der Waals surface area contributed by atoms with Crippen molar-refractivity contribution in [1.82, 2.24) is 4.98 Å². The molecule has 0 spiro atoms. The summed E-state index contributed by atoms with van der Waals surface area (Å²) < 4.78 is 28.3. The third-order valence-corrected chi connectivity index (χ3v) is 5.91. The smallest absolute Gasteiger partial charge is 0.337 e. The number of hydrogen-bond donors (Lipinski definition) is 2. The molecule has 138 valence electrons. The predicted octanol–water partition coefficient (Wildman–Crippen LogP) is 2.80. The summed E-state index contributed by atoms with van der Waals surface area (Å²) in [5, 5.41) is 9.22. The van der Waals surface area contributed by atoms with Crippen LogP contribution < -0.4 is 9.62 Å². The summed E-state index contributed by atoms with van der Waals surface area (Å²) in [6.45, 7) is 5.15. The van der Waals surface area contributed by atoms with Crippen LogP contribution in [0.2, 0.25) is 0 Å². The number of nitrogens with one attached hydrogen (secondary N) is 1. The van der Waals surface area contributed by atoms with Crippen LogP contribution in [0.5, 0.6) is 0 Å².